The number of benzene rings is 1. The van der Waals surface area contributed by atoms with Crippen LogP contribution in [0.5, 0.6) is 0 Å². The van der Waals surface area contributed by atoms with Crippen LogP contribution in [0.15, 0.2) is 24.3 Å². The molecule has 0 atom stereocenters. The van der Waals surface area contributed by atoms with Gasteiger partial charge >= 0.3 is 0 Å². The number of carbonyl (C=O) groups is 1. The van der Waals surface area contributed by atoms with Crippen LogP contribution < -0.4 is 5.32 Å². The van der Waals surface area contributed by atoms with Gasteiger partial charge in [-0.2, -0.15) is 5.10 Å². The van der Waals surface area contributed by atoms with Crippen molar-refractivity contribution in [1.82, 2.24) is 10.2 Å². The molecule has 2 aromatic rings. The molecule has 0 unspecified atom stereocenters. The normalized spacial score (nSPS) is 10.8. The Bertz CT molecular complexity index is 599. The molecule has 1 aromatic carbocycles. The zero-order chi connectivity index (χ0) is 14.0. The van der Waals surface area contributed by atoms with E-state index in [2.05, 4.69) is 29.4 Å². The van der Waals surface area contributed by atoms with Crippen LogP contribution in [-0.2, 0) is 0 Å². The van der Waals surface area contributed by atoms with Gasteiger partial charge in [0.15, 0.2) is 5.82 Å². The molecular formula is C15H19N3O. The lowest BCUT2D eigenvalue weighted by atomic mass is 10.0. The van der Waals surface area contributed by atoms with Gasteiger partial charge in [0.1, 0.15) is 0 Å². The average molecular weight is 257 g/mol. The second-order valence-corrected chi connectivity index (χ2v) is 5.06. The Kier molecular flexibility index (Phi) is 3.69. The lowest BCUT2D eigenvalue weighted by Crippen LogP contribution is -2.14. The number of H-pyrrole nitrogens is 1. The molecule has 2 rings (SSSR count). The minimum Gasteiger partial charge on any atom is -0.305 e. The third-order valence-electron chi connectivity index (χ3n) is 3.31. The number of hydrogen-bond acceptors (Lipinski definition) is 2. The van der Waals surface area contributed by atoms with Crippen molar-refractivity contribution in [1.29, 1.82) is 0 Å². The number of aromatic nitrogens is 2. The van der Waals surface area contributed by atoms with Crippen molar-refractivity contribution in [3.63, 3.8) is 0 Å². The fourth-order valence-electron chi connectivity index (χ4n) is 1.88. The minimum absolute atomic E-state index is 0.122. The fraction of sp³-hybridized carbons (Fsp3) is 0.333. The second kappa shape index (κ2) is 5.26. The first-order chi connectivity index (χ1) is 8.99. The molecule has 0 aliphatic heterocycles. The molecule has 0 aliphatic carbocycles. The molecule has 4 heteroatoms. The number of anilines is 1. The standard InChI is InChI=1S/C15H19N3O/c1-9(2)13-8-14(18-17-13)16-15(19)12-7-5-6-10(3)11(12)4/h5-9H,1-4H3,(H2,16,17,18,19). The highest BCUT2D eigenvalue weighted by Gasteiger charge is 2.12. The van der Waals surface area contributed by atoms with Crippen LogP contribution in [0.25, 0.3) is 0 Å². The van der Waals surface area contributed by atoms with Gasteiger partial charge in [-0.05, 0) is 37.0 Å². The monoisotopic (exact) mass is 257 g/mol. The number of nitrogens with zero attached hydrogens (tertiary/aromatic N) is 1. The first-order valence-corrected chi connectivity index (χ1v) is 6.42. The van der Waals surface area contributed by atoms with Crippen molar-refractivity contribution in [2.45, 2.75) is 33.6 Å². The highest BCUT2D eigenvalue weighted by molar-refractivity contribution is 6.04. The molecule has 0 radical (unpaired) electrons. The third-order valence-corrected chi connectivity index (χ3v) is 3.31. The first-order valence-electron chi connectivity index (χ1n) is 6.42. The second-order valence-electron chi connectivity index (χ2n) is 5.06. The fourth-order valence-corrected chi connectivity index (χ4v) is 1.88. The quantitative estimate of drug-likeness (QED) is 0.885. The lowest BCUT2D eigenvalue weighted by Gasteiger charge is -2.07. The van der Waals surface area contributed by atoms with Crippen molar-refractivity contribution in [3.8, 4) is 0 Å². The summed E-state index contributed by atoms with van der Waals surface area (Å²) in [5.74, 6) is 0.802. The molecule has 1 heterocycles. The van der Waals surface area contributed by atoms with Crippen molar-refractivity contribution in [2.75, 3.05) is 5.32 Å². The summed E-state index contributed by atoms with van der Waals surface area (Å²) in [6.07, 6.45) is 0. The Morgan fingerprint density at radius 2 is 2.05 bits per heavy atom. The molecule has 2 N–H and O–H groups in total. The zero-order valence-corrected chi connectivity index (χ0v) is 11.7. The van der Waals surface area contributed by atoms with Gasteiger partial charge in [-0.3, -0.25) is 9.89 Å². The van der Waals surface area contributed by atoms with Crippen molar-refractivity contribution in [2.24, 2.45) is 0 Å². The molecule has 0 spiro atoms. The molecule has 0 saturated heterocycles. The maximum Gasteiger partial charge on any atom is 0.257 e. The molecule has 1 aromatic heterocycles. The van der Waals surface area contributed by atoms with Crippen LogP contribution in [0.2, 0.25) is 0 Å². The summed E-state index contributed by atoms with van der Waals surface area (Å²) in [6, 6.07) is 7.58. The summed E-state index contributed by atoms with van der Waals surface area (Å²) in [5, 5.41) is 9.84. The van der Waals surface area contributed by atoms with Gasteiger partial charge in [0.05, 0.1) is 0 Å². The van der Waals surface area contributed by atoms with Gasteiger partial charge in [-0.25, -0.2) is 0 Å². The Hall–Kier alpha value is -2.10. The summed E-state index contributed by atoms with van der Waals surface area (Å²) in [4.78, 5) is 12.2. The Balaban J connectivity index is 2.18. The number of aromatic amines is 1. The third kappa shape index (κ3) is 2.84. The smallest absolute Gasteiger partial charge is 0.257 e. The Labute approximate surface area is 113 Å². The zero-order valence-electron chi connectivity index (χ0n) is 11.7. The van der Waals surface area contributed by atoms with Crippen LogP contribution in [0.4, 0.5) is 5.82 Å². The van der Waals surface area contributed by atoms with Gasteiger partial charge in [-0.1, -0.05) is 26.0 Å². The van der Waals surface area contributed by atoms with Crippen molar-refractivity contribution in [3.05, 3.63) is 46.6 Å². The maximum absolute atomic E-state index is 12.2. The van der Waals surface area contributed by atoms with Crippen LogP contribution >= 0.6 is 0 Å². The topological polar surface area (TPSA) is 57.8 Å². The van der Waals surface area contributed by atoms with Crippen LogP contribution in [0.1, 0.15) is 46.9 Å². The van der Waals surface area contributed by atoms with Crippen LogP contribution in [0.3, 0.4) is 0 Å². The maximum atomic E-state index is 12.2. The summed E-state index contributed by atoms with van der Waals surface area (Å²) in [7, 11) is 0. The van der Waals surface area contributed by atoms with E-state index in [-0.39, 0.29) is 5.91 Å². The largest absolute Gasteiger partial charge is 0.305 e. The predicted octanol–water partition coefficient (Wildman–Crippen LogP) is 3.40. The summed E-state index contributed by atoms with van der Waals surface area (Å²) < 4.78 is 0. The molecule has 19 heavy (non-hydrogen) atoms. The van der Waals surface area contributed by atoms with Gasteiger partial charge in [0, 0.05) is 17.3 Å². The number of aryl methyl sites for hydroxylation is 1. The predicted molar refractivity (Wildman–Crippen MR) is 76.5 cm³/mol. The minimum atomic E-state index is -0.122. The molecule has 0 saturated carbocycles. The number of carbonyl (C=O) groups excluding carboxylic acids is 1. The number of nitrogens with one attached hydrogen (secondary N) is 2. The average Bonchev–Trinajstić information content (AvgIpc) is 2.81. The van der Waals surface area contributed by atoms with E-state index in [9.17, 15) is 4.79 Å². The molecule has 0 fully saturated rings. The highest BCUT2D eigenvalue weighted by Crippen LogP contribution is 2.17. The van der Waals surface area contributed by atoms with E-state index in [0.29, 0.717) is 17.3 Å². The summed E-state index contributed by atoms with van der Waals surface area (Å²) >= 11 is 0. The van der Waals surface area contributed by atoms with E-state index < -0.39 is 0 Å². The Morgan fingerprint density at radius 3 is 2.68 bits per heavy atom. The van der Waals surface area contributed by atoms with Gasteiger partial charge in [0.2, 0.25) is 0 Å². The number of hydrogen-bond donors (Lipinski definition) is 2. The van der Waals surface area contributed by atoms with E-state index in [4.69, 9.17) is 0 Å². The molecule has 0 aliphatic rings. The van der Waals surface area contributed by atoms with Crippen molar-refractivity contribution < 1.29 is 4.79 Å². The van der Waals surface area contributed by atoms with E-state index in [1.807, 2.05) is 38.1 Å². The van der Waals surface area contributed by atoms with Crippen LogP contribution in [-0.4, -0.2) is 16.1 Å². The molecule has 100 valence electrons. The van der Waals surface area contributed by atoms with E-state index in [1.165, 1.54) is 0 Å². The SMILES string of the molecule is Cc1cccc(C(=O)Nc2cc(C(C)C)[nH]n2)c1C. The lowest BCUT2D eigenvalue weighted by molar-refractivity contribution is 0.102. The van der Waals surface area contributed by atoms with E-state index >= 15 is 0 Å². The summed E-state index contributed by atoms with van der Waals surface area (Å²) in [5.41, 5.74) is 3.81. The summed E-state index contributed by atoms with van der Waals surface area (Å²) in [6.45, 7) is 8.10. The molecule has 0 bridgehead atoms. The van der Waals surface area contributed by atoms with Gasteiger partial charge in [-0.15, -0.1) is 0 Å². The van der Waals surface area contributed by atoms with E-state index in [1.54, 1.807) is 0 Å². The number of rotatable bonds is 3. The Morgan fingerprint density at radius 1 is 1.32 bits per heavy atom. The van der Waals surface area contributed by atoms with Gasteiger partial charge in [0.25, 0.3) is 5.91 Å². The molecule has 1 amide bonds. The molecular weight excluding hydrogens is 238 g/mol. The van der Waals surface area contributed by atoms with Gasteiger partial charge < -0.3 is 5.32 Å². The molecule has 4 nitrogen and oxygen atoms in total. The van der Waals surface area contributed by atoms with E-state index in [0.717, 1.165) is 16.8 Å². The first kappa shape index (κ1) is 13.3. The number of amides is 1. The highest BCUT2D eigenvalue weighted by atomic mass is 16.1. The van der Waals surface area contributed by atoms with Crippen LogP contribution in [0, 0.1) is 13.8 Å². The van der Waals surface area contributed by atoms with Crippen molar-refractivity contribution >= 4 is 11.7 Å².